The fourth-order valence-corrected chi connectivity index (χ4v) is 10.6. The highest BCUT2D eigenvalue weighted by Gasteiger charge is 2.64. The first-order valence-corrected chi connectivity index (χ1v) is 29.1. The Labute approximate surface area is 503 Å². The topological polar surface area (TPSA) is 326 Å². The van der Waals surface area contributed by atoms with Crippen molar-refractivity contribution in [1.82, 2.24) is 21.3 Å². The number of nitrogens with two attached hydrogens (primary N) is 1. The number of ether oxygens (including phenoxy) is 7. The number of rotatable bonds is 24. The summed E-state index contributed by atoms with van der Waals surface area (Å²) in [5.74, 6) is -2.89. The molecule has 0 aromatic heterocycles. The molecule has 3 heterocycles. The Bertz CT molecular complexity index is 2800. The average molecular weight is 1260 g/mol. The van der Waals surface area contributed by atoms with Crippen LogP contribution in [0.15, 0.2) is 66.3 Å². The molecule has 0 aliphatic carbocycles. The number of hydrogen-bond acceptors (Lipinski definition) is 17. The number of methoxy groups -OCH3 is 3. The summed E-state index contributed by atoms with van der Waals surface area (Å²) in [5, 5.41) is 28.7. The highest BCUT2D eigenvalue weighted by molar-refractivity contribution is 9.09. The van der Waals surface area contributed by atoms with Crippen LogP contribution in [-0.4, -0.2) is 154 Å². The Balaban J connectivity index is 1.36. The number of alkyl carbamates (subject to hydrolysis) is 1. The number of halogens is 2. The van der Waals surface area contributed by atoms with E-state index in [4.69, 9.17) is 50.5 Å². The van der Waals surface area contributed by atoms with Gasteiger partial charge in [-0.25, -0.2) is 19.2 Å². The quantitative estimate of drug-likeness (QED) is 0.0106. The van der Waals surface area contributed by atoms with E-state index in [9.17, 15) is 43.5 Å². The maximum Gasteiger partial charge on any atom is 0.412 e. The van der Waals surface area contributed by atoms with Gasteiger partial charge in [-0.1, -0.05) is 78.7 Å². The van der Waals surface area contributed by atoms with Gasteiger partial charge in [-0.3, -0.25) is 30.3 Å². The zero-order valence-electron chi connectivity index (χ0n) is 49.1. The zero-order valence-corrected chi connectivity index (χ0v) is 51.4. The third-order valence-corrected chi connectivity index (χ3v) is 16.0. The zero-order chi connectivity index (χ0) is 62.2. The second-order valence-electron chi connectivity index (χ2n) is 21.7. The van der Waals surface area contributed by atoms with Gasteiger partial charge in [-0.15, -0.1) is 0 Å². The van der Waals surface area contributed by atoms with E-state index in [1.54, 1.807) is 58.9 Å². The highest BCUT2D eigenvalue weighted by atomic mass is 79.9. The number of fused-ring (bicyclic) bond motifs is 5. The molecule has 0 spiro atoms. The van der Waals surface area contributed by atoms with E-state index in [0.717, 1.165) is 11.1 Å². The third-order valence-electron chi connectivity index (χ3n) is 14.9. The van der Waals surface area contributed by atoms with Gasteiger partial charge in [0, 0.05) is 55.7 Å². The molecule has 0 radical (unpaired) electrons. The van der Waals surface area contributed by atoms with Crippen LogP contribution in [0.3, 0.4) is 0 Å². The molecule has 0 saturated carbocycles. The highest BCUT2D eigenvalue weighted by Crippen LogP contribution is 2.49. The number of nitrogens with one attached hydrogen (secondary N) is 6. The monoisotopic (exact) mass is 1260 g/mol. The molecule has 2 aromatic rings. The molecule has 9 N–H and O–H groups in total. The number of hydrogen-bond donors (Lipinski definition) is 8. The number of aldehydes is 1. The number of nitrogens with zero attached hydrogens (tertiary/aromatic N) is 1. The van der Waals surface area contributed by atoms with E-state index in [1.165, 1.54) is 51.5 Å². The summed E-state index contributed by atoms with van der Waals surface area (Å²) in [6.07, 6.45) is 0.791. The molecule has 3 aliphatic rings. The van der Waals surface area contributed by atoms with Gasteiger partial charge < -0.3 is 69.6 Å². The Morgan fingerprint density at radius 1 is 1.02 bits per heavy atom. The van der Waals surface area contributed by atoms with E-state index in [-0.39, 0.29) is 64.8 Å². The molecule has 462 valence electrons. The number of benzene rings is 2. The van der Waals surface area contributed by atoms with E-state index in [2.05, 4.69) is 54.4 Å². The first kappa shape index (κ1) is 68.0. The minimum absolute atomic E-state index is 0.0459. The molecule has 24 nitrogen and oxygen atoms in total. The van der Waals surface area contributed by atoms with Crippen LogP contribution in [0.1, 0.15) is 92.1 Å². The van der Waals surface area contributed by atoms with Crippen molar-refractivity contribution in [3.63, 3.8) is 0 Å². The van der Waals surface area contributed by atoms with E-state index >= 15 is 0 Å². The van der Waals surface area contributed by atoms with Crippen LogP contribution in [0.5, 0.6) is 11.5 Å². The molecule has 2 saturated heterocycles. The van der Waals surface area contributed by atoms with Crippen LogP contribution in [0, 0.1) is 11.8 Å². The van der Waals surface area contributed by atoms with Gasteiger partial charge in [0.05, 0.1) is 56.3 Å². The van der Waals surface area contributed by atoms with Gasteiger partial charge >= 0.3 is 24.2 Å². The standard InChI is InChI=1S/C58H80BrClN8O16/c1-31(2)49(63-38(30-69)17-13-16-34(5)81-53(73)33(4)29-59)52(72)65-40(18-14-22-62-54(61)74)51(71)64-37-20-21-39(42(26-37)78-9)66-55(75)83-46-27-47(70)68(8)41-24-36(25-43(79-10)48(41)60)23-32(3)15-12-19-45(80-11)58(77)28-44(82-56(76)67-58)35(6)50-57(46,7)84-50/h12,15,19-21,24-26,30-31,34-35,38,40,44-46,49-50,63,77H,4,13-14,16-18,22-23,27-29H2,1-3,5-11H3,(H,64,71)(H,65,72)(H,66,75)(H,67,76)(H3,61,62,74)/b19-12+,32-15+/t34?,35-,38?,40+,44+,45-,46+,49+,50+,57+,58+/m1/s1. The average Bonchev–Trinajstić information content (AvgIpc) is 1.74. The summed E-state index contributed by atoms with van der Waals surface area (Å²) in [5.41, 5.74) is 4.49. The Morgan fingerprint density at radius 2 is 1.74 bits per heavy atom. The lowest BCUT2D eigenvalue weighted by molar-refractivity contribution is -0.144. The van der Waals surface area contributed by atoms with Crippen molar-refractivity contribution in [2.75, 3.05) is 55.8 Å². The maximum absolute atomic E-state index is 14.5. The number of carbonyl (C=O) groups is 8. The van der Waals surface area contributed by atoms with Gasteiger partial charge in [-0.2, -0.15) is 0 Å². The summed E-state index contributed by atoms with van der Waals surface area (Å²) in [7, 11) is 5.72. The lowest BCUT2D eigenvalue weighted by Crippen LogP contribution is -2.63. The molecule has 2 aromatic carbocycles. The molecule has 11 atom stereocenters. The molecule has 7 amide bonds. The van der Waals surface area contributed by atoms with Crippen LogP contribution in [0.25, 0.3) is 0 Å². The number of alkyl halides is 1. The van der Waals surface area contributed by atoms with Gasteiger partial charge in [0.2, 0.25) is 17.7 Å². The van der Waals surface area contributed by atoms with E-state index in [0.29, 0.717) is 43.4 Å². The number of aliphatic hydroxyl groups is 1. The molecule has 5 rings (SSSR count). The lowest BCUT2D eigenvalue weighted by Gasteiger charge is -2.42. The summed E-state index contributed by atoms with van der Waals surface area (Å²) < 4.78 is 40.5. The second kappa shape index (κ2) is 30.9. The van der Waals surface area contributed by atoms with Gasteiger partial charge in [0.15, 0.2) is 5.72 Å². The molecule has 4 bridgehead atoms. The molecule has 2 unspecified atom stereocenters. The molecular weight excluding hydrogens is 1180 g/mol. The molecule has 3 aliphatic heterocycles. The Hall–Kier alpha value is -6.77. The van der Waals surface area contributed by atoms with Crippen LogP contribution in [-0.2, 0) is 54.1 Å². The lowest BCUT2D eigenvalue weighted by atomic mass is 9.83. The normalized spacial score (nSPS) is 24.8. The van der Waals surface area contributed by atoms with Crippen molar-refractivity contribution in [1.29, 1.82) is 0 Å². The molecule has 2 fully saturated rings. The van der Waals surface area contributed by atoms with Crippen molar-refractivity contribution >= 4 is 92.8 Å². The first-order chi connectivity index (χ1) is 39.7. The Kier molecular flexibility index (Phi) is 25.0. The van der Waals surface area contributed by atoms with Crippen molar-refractivity contribution in [2.45, 2.75) is 153 Å². The van der Waals surface area contributed by atoms with Crippen LogP contribution in [0.4, 0.5) is 31.4 Å². The predicted molar refractivity (Wildman–Crippen MR) is 317 cm³/mol. The number of primary amides is 1. The van der Waals surface area contributed by atoms with Crippen molar-refractivity contribution in [3.05, 3.63) is 76.9 Å². The third kappa shape index (κ3) is 18.4. The summed E-state index contributed by atoms with van der Waals surface area (Å²) in [6, 6.07) is 4.19. The first-order valence-electron chi connectivity index (χ1n) is 27.6. The van der Waals surface area contributed by atoms with Crippen LogP contribution >= 0.6 is 27.5 Å². The number of amides is 7. The SMILES string of the molecule is C=C(CBr)C(=O)OC(C)CCCC(C=O)N[C@H](C(=O)N[C@@H](CCCNC(N)=O)C(=O)Nc1ccc(NC(=O)O[C@H]2CC(=O)N(C)c3cc(cc(OC)c3Cl)C/C(C)=C/C=C/[C@@H](OC)[C@@]3(O)C[C@H](OC(=O)N3)[C@@H](C)[C@@H]3O[C@@]23C)c(OC)c1)C(C)C. The summed E-state index contributed by atoms with van der Waals surface area (Å²) in [4.78, 5) is 107. The fraction of sp³-hybridized carbons (Fsp3) is 0.552. The Morgan fingerprint density at radius 3 is 2.38 bits per heavy atom. The number of anilines is 3. The minimum atomic E-state index is -1.91. The molecular formula is C58H80BrClN8O16. The van der Waals surface area contributed by atoms with Crippen molar-refractivity contribution in [3.8, 4) is 11.5 Å². The van der Waals surface area contributed by atoms with Gasteiger partial charge in [0.1, 0.15) is 52.8 Å². The number of epoxide rings is 1. The second-order valence-corrected chi connectivity index (χ2v) is 22.7. The van der Waals surface area contributed by atoms with Crippen LogP contribution < -0.4 is 52.0 Å². The maximum atomic E-state index is 14.5. The molecule has 26 heteroatoms. The van der Waals surface area contributed by atoms with Crippen molar-refractivity contribution in [2.24, 2.45) is 17.6 Å². The van der Waals surface area contributed by atoms with Crippen molar-refractivity contribution < 1.29 is 76.6 Å². The van der Waals surface area contributed by atoms with Gasteiger partial charge in [-0.05, 0) is 95.0 Å². The summed E-state index contributed by atoms with van der Waals surface area (Å²) >= 11 is 10.0. The summed E-state index contributed by atoms with van der Waals surface area (Å²) in [6.45, 7) is 14.3. The number of carbonyl (C=O) groups excluding carboxylic acids is 8. The fourth-order valence-electron chi connectivity index (χ4n) is 10.0. The molecule has 84 heavy (non-hydrogen) atoms. The predicted octanol–water partition coefficient (Wildman–Crippen LogP) is 6.49. The number of esters is 1. The number of allylic oxidation sites excluding steroid dienone is 3. The number of urea groups is 1. The smallest absolute Gasteiger partial charge is 0.412 e. The van der Waals surface area contributed by atoms with Crippen LogP contribution in [0.2, 0.25) is 5.02 Å². The van der Waals surface area contributed by atoms with E-state index in [1.807, 2.05) is 13.0 Å². The largest absolute Gasteiger partial charge is 0.495 e. The van der Waals surface area contributed by atoms with Gasteiger partial charge in [0.25, 0.3) is 0 Å². The van der Waals surface area contributed by atoms with E-state index < -0.39 is 114 Å². The minimum Gasteiger partial charge on any atom is -0.495 e.